The predicted octanol–water partition coefficient (Wildman–Crippen LogP) is 4.69. The first kappa shape index (κ1) is 25.0. The number of pyridine rings is 1. The molecule has 6 nitrogen and oxygen atoms in total. The molecular formula is C21H29Cl2N3O3. The number of nitrogens with one attached hydrogen (secondary N) is 2. The summed E-state index contributed by atoms with van der Waals surface area (Å²) >= 11 is 0. The SMILES string of the molecule is COc1ccc(Oc2ccc(NC(=O)CC(C)C3CCNCC3)cn2)cc1.Cl.Cl. The fraction of sp³-hybridized carbons (Fsp3) is 0.429. The van der Waals surface area contributed by atoms with Gasteiger partial charge in [-0.1, -0.05) is 6.92 Å². The Morgan fingerprint density at radius 3 is 2.38 bits per heavy atom. The second-order valence-electron chi connectivity index (χ2n) is 6.98. The minimum atomic E-state index is 0. The van der Waals surface area contributed by atoms with E-state index in [-0.39, 0.29) is 30.7 Å². The van der Waals surface area contributed by atoms with Gasteiger partial charge in [-0.2, -0.15) is 0 Å². The minimum Gasteiger partial charge on any atom is -0.497 e. The average molecular weight is 442 g/mol. The van der Waals surface area contributed by atoms with E-state index in [1.165, 1.54) is 0 Å². The molecular weight excluding hydrogens is 413 g/mol. The van der Waals surface area contributed by atoms with Crippen LogP contribution in [0.15, 0.2) is 42.6 Å². The smallest absolute Gasteiger partial charge is 0.224 e. The number of benzene rings is 1. The zero-order chi connectivity index (χ0) is 19.1. The molecule has 2 N–H and O–H groups in total. The summed E-state index contributed by atoms with van der Waals surface area (Å²) < 4.78 is 10.8. The van der Waals surface area contributed by atoms with Gasteiger partial charge in [-0.25, -0.2) is 4.98 Å². The molecule has 0 spiro atoms. The van der Waals surface area contributed by atoms with E-state index in [0.717, 1.165) is 31.7 Å². The largest absolute Gasteiger partial charge is 0.497 e. The quantitative estimate of drug-likeness (QED) is 0.651. The number of hydrogen-bond acceptors (Lipinski definition) is 5. The van der Waals surface area contributed by atoms with Gasteiger partial charge in [0.15, 0.2) is 0 Å². The lowest BCUT2D eigenvalue weighted by atomic mass is 9.84. The predicted molar refractivity (Wildman–Crippen MR) is 120 cm³/mol. The Morgan fingerprint density at radius 2 is 1.79 bits per heavy atom. The van der Waals surface area contributed by atoms with Gasteiger partial charge in [-0.3, -0.25) is 4.79 Å². The third kappa shape index (κ3) is 7.72. The third-order valence-electron chi connectivity index (χ3n) is 5.00. The second-order valence-corrected chi connectivity index (χ2v) is 6.98. The number of rotatable bonds is 7. The van der Waals surface area contributed by atoms with Crippen molar-refractivity contribution >= 4 is 36.4 Å². The fourth-order valence-electron chi connectivity index (χ4n) is 3.36. The molecule has 0 radical (unpaired) electrons. The van der Waals surface area contributed by atoms with Crippen LogP contribution in [-0.2, 0) is 4.79 Å². The Balaban J connectivity index is 0.00000210. The molecule has 1 saturated heterocycles. The fourth-order valence-corrected chi connectivity index (χ4v) is 3.36. The summed E-state index contributed by atoms with van der Waals surface area (Å²) in [6, 6.07) is 10.8. The molecule has 1 unspecified atom stereocenters. The maximum atomic E-state index is 12.3. The van der Waals surface area contributed by atoms with E-state index in [1.807, 2.05) is 24.3 Å². The van der Waals surface area contributed by atoms with Gasteiger partial charge in [0.05, 0.1) is 19.0 Å². The Hall–Kier alpha value is -2.02. The first-order valence-corrected chi connectivity index (χ1v) is 9.42. The van der Waals surface area contributed by atoms with E-state index in [0.29, 0.717) is 35.6 Å². The summed E-state index contributed by atoms with van der Waals surface area (Å²) in [7, 11) is 1.62. The highest BCUT2D eigenvalue weighted by molar-refractivity contribution is 5.90. The zero-order valence-electron chi connectivity index (χ0n) is 16.7. The number of hydrogen-bond donors (Lipinski definition) is 2. The van der Waals surface area contributed by atoms with Crippen LogP contribution in [0.5, 0.6) is 17.4 Å². The molecule has 2 aromatic rings. The van der Waals surface area contributed by atoms with Crippen LogP contribution < -0.4 is 20.1 Å². The summed E-state index contributed by atoms with van der Waals surface area (Å²) in [5, 5.41) is 6.29. The molecule has 1 aliphatic heterocycles. The standard InChI is InChI=1S/C21H27N3O3.2ClH/c1-15(16-9-11-22-12-10-16)13-20(25)24-17-3-8-21(23-14-17)27-19-6-4-18(26-2)5-7-19;;/h3-8,14-16,22H,9-13H2,1-2H3,(H,24,25);2*1H. The van der Waals surface area contributed by atoms with E-state index < -0.39 is 0 Å². The number of carbonyl (C=O) groups excluding carboxylic acids is 1. The monoisotopic (exact) mass is 441 g/mol. The zero-order valence-corrected chi connectivity index (χ0v) is 18.4. The van der Waals surface area contributed by atoms with E-state index >= 15 is 0 Å². The van der Waals surface area contributed by atoms with Gasteiger partial charge in [-0.05, 0) is 68.1 Å². The molecule has 0 saturated carbocycles. The molecule has 29 heavy (non-hydrogen) atoms. The lowest BCUT2D eigenvalue weighted by molar-refractivity contribution is -0.117. The van der Waals surface area contributed by atoms with Crippen LogP contribution >= 0.6 is 24.8 Å². The van der Waals surface area contributed by atoms with Crippen molar-refractivity contribution in [3.63, 3.8) is 0 Å². The maximum Gasteiger partial charge on any atom is 0.224 e. The number of anilines is 1. The number of halogens is 2. The van der Waals surface area contributed by atoms with Gasteiger partial charge >= 0.3 is 0 Å². The normalized spacial score (nSPS) is 14.7. The summed E-state index contributed by atoms with van der Waals surface area (Å²) in [5.74, 6) is 2.96. The number of aromatic nitrogens is 1. The molecule has 1 aromatic carbocycles. The lowest BCUT2D eigenvalue weighted by Crippen LogP contribution is -2.32. The number of methoxy groups -OCH3 is 1. The molecule has 1 amide bonds. The van der Waals surface area contributed by atoms with Crippen LogP contribution in [0.1, 0.15) is 26.2 Å². The topological polar surface area (TPSA) is 72.5 Å². The average Bonchev–Trinajstić information content (AvgIpc) is 2.70. The van der Waals surface area contributed by atoms with Gasteiger partial charge in [-0.15, -0.1) is 24.8 Å². The van der Waals surface area contributed by atoms with Crippen molar-refractivity contribution in [1.82, 2.24) is 10.3 Å². The Bertz CT molecular complexity index is 736. The number of amides is 1. The molecule has 1 aromatic heterocycles. The van der Waals surface area contributed by atoms with Crippen molar-refractivity contribution in [2.75, 3.05) is 25.5 Å². The number of carbonyl (C=O) groups is 1. The molecule has 1 atom stereocenters. The highest BCUT2D eigenvalue weighted by Crippen LogP contribution is 2.25. The summed E-state index contributed by atoms with van der Waals surface area (Å²) in [5.41, 5.74) is 0.680. The van der Waals surface area contributed by atoms with Crippen molar-refractivity contribution in [1.29, 1.82) is 0 Å². The van der Waals surface area contributed by atoms with Crippen molar-refractivity contribution in [3.05, 3.63) is 42.6 Å². The van der Waals surface area contributed by atoms with Crippen molar-refractivity contribution in [2.24, 2.45) is 11.8 Å². The summed E-state index contributed by atoms with van der Waals surface area (Å²) in [6.07, 6.45) is 4.45. The van der Waals surface area contributed by atoms with Crippen molar-refractivity contribution < 1.29 is 14.3 Å². The van der Waals surface area contributed by atoms with Gasteiger partial charge in [0.2, 0.25) is 11.8 Å². The molecule has 8 heteroatoms. The molecule has 0 bridgehead atoms. The minimum absolute atomic E-state index is 0. The number of nitrogens with zero attached hydrogens (tertiary/aromatic N) is 1. The van der Waals surface area contributed by atoms with Crippen LogP contribution in [0.3, 0.4) is 0 Å². The van der Waals surface area contributed by atoms with E-state index in [4.69, 9.17) is 9.47 Å². The van der Waals surface area contributed by atoms with Crippen LogP contribution in [0, 0.1) is 11.8 Å². The molecule has 3 rings (SSSR count). The molecule has 160 valence electrons. The molecule has 2 heterocycles. The van der Waals surface area contributed by atoms with E-state index in [1.54, 1.807) is 25.4 Å². The maximum absolute atomic E-state index is 12.3. The van der Waals surface area contributed by atoms with Crippen LogP contribution in [0.2, 0.25) is 0 Å². The van der Waals surface area contributed by atoms with Crippen LogP contribution in [0.4, 0.5) is 5.69 Å². The molecule has 0 aliphatic carbocycles. The Kier molecular flexibility index (Phi) is 10.8. The van der Waals surface area contributed by atoms with Gasteiger partial charge in [0.25, 0.3) is 0 Å². The van der Waals surface area contributed by atoms with Gasteiger partial charge in [0.1, 0.15) is 11.5 Å². The molecule has 1 aliphatic rings. The van der Waals surface area contributed by atoms with Crippen LogP contribution in [-0.4, -0.2) is 31.1 Å². The highest BCUT2D eigenvalue weighted by Gasteiger charge is 2.22. The summed E-state index contributed by atoms with van der Waals surface area (Å²) in [4.78, 5) is 16.6. The van der Waals surface area contributed by atoms with Gasteiger partial charge in [0, 0.05) is 12.5 Å². The molecule has 1 fully saturated rings. The number of piperidine rings is 1. The Morgan fingerprint density at radius 1 is 1.14 bits per heavy atom. The number of ether oxygens (including phenoxy) is 2. The summed E-state index contributed by atoms with van der Waals surface area (Å²) in [6.45, 7) is 4.27. The second kappa shape index (κ2) is 12.5. The first-order chi connectivity index (χ1) is 13.1. The van der Waals surface area contributed by atoms with Gasteiger partial charge < -0.3 is 20.1 Å². The van der Waals surface area contributed by atoms with Crippen LogP contribution in [0.25, 0.3) is 0 Å². The highest BCUT2D eigenvalue weighted by atomic mass is 35.5. The Labute approximate surface area is 184 Å². The van der Waals surface area contributed by atoms with Crippen molar-refractivity contribution in [3.8, 4) is 17.4 Å². The third-order valence-corrected chi connectivity index (χ3v) is 5.00. The van der Waals surface area contributed by atoms with E-state index in [2.05, 4.69) is 22.5 Å². The first-order valence-electron chi connectivity index (χ1n) is 9.42. The van der Waals surface area contributed by atoms with E-state index in [9.17, 15) is 4.79 Å². The van der Waals surface area contributed by atoms with Crippen molar-refractivity contribution in [2.45, 2.75) is 26.2 Å². The lowest BCUT2D eigenvalue weighted by Gasteiger charge is -2.27.